The lowest BCUT2D eigenvalue weighted by atomic mass is 9.71. The third-order valence-electron chi connectivity index (χ3n) is 4.51. The minimum Gasteiger partial charge on any atom is -0.382 e. The van der Waals surface area contributed by atoms with Gasteiger partial charge in [0.15, 0.2) is 0 Å². The summed E-state index contributed by atoms with van der Waals surface area (Å²) in [5.41, 5.74) is 3.09. The van der Waals surface area contributed by atoms with Gasteiger partial charge in [-0.05, 0) is 61.6 Å². The summed E-state index contributed by atoms with van der Waals surface area (Å²) in [5.74, 6) is 0.883. The molecule has 1 N–H and O–H groups in total. The lowest BCUT2D eigenvalue weighted by Crippen LogP contribution is -2.31. The van der Waals surface area contributed by atoms with Crippen LogP contribution in [0.15, 0.2) is 22.7 Å². The second-order valence-corrected chi connectivity index (χ2v) is 7.93. The maximum atomic E-state index is 3.73. The Bertz CT molecular complexity index is 425. The molecule has 0 spiro atoms. The Balaban J connectivity index is 1.94. The van der Waals surface area contributed by atoms with Crippen molar-refractivity contribution in [3.05, 3.63) is 28.2 Å². The van der Waals surface area contributed by atoms with E-state index in [9.17, 15) is 0 Å². The predicted molar refractivity (Wildman–Crippen MR) is 87.7 cm³/mol. The van der Waals surface area contributed by atoms with Gasteiger partial charge in [-0.15, -0.1) is 0 Å². The second-order valence-electron chi connectivity index (χ2n) is 7.02. The van der Waals surface area contributed by atoms with E-state index in [2.05, 4.69) is 67.1 Å². The van der Waals surface area contributed by atoms with Crippen molar-refractivity contribution in [1.29, 1.82) is 0 Å². The Kier molecular flexibility index (Phi) is 4.60. The summed E-state index contributed by atoms with van der Waals surface area (Å²) >= 11 is 3.56. The summed E-state index contributed by atoms with van der Waals surface area (Å²) < 4.78 is 1.16. The van der Waals surface area contributed by atoms with Gasteiger partial charge in [0, 0.05) is 16.2 Å². The molecule has 19 heavy (non-hydrogen) atoms. The van der Waals surface area contributed by atoms with Crippen LogP contribution in [0.1, 0.15) is 52.0 Å². The minimum absolute atomic E-state index is 0.469. The smallest absolute Gasteiger partial charge is 0.0383 e. The molecule has 0 radical (unpaired) electrons. The van der Waals surface area contributed by atoms with Crippen molar-refractivity contribution in [3.63, 3.8) is 0 Å². The molecule has 2 heteroatoms. The molecule has 2 rings (SSSR count). The molecule has 1 aliphatic rings. The topological polar surface area (TPSA) is 12.0 Å². The number of hydrogen-bond donors (Lipinski definition) is 1. The fraction of sp³-hybridized carbons (Fsp3) is 0.647. The van der Waals surface area contributed by atoms with Gasteiger partial charge in [0.1, 0.15) is 0 Å². The number of anilines is 1. The summed E-state index contributed by atoms with van der Waals surface area (Å²) in [4.78, 5) is 0. The quantitative estimate of drug-likeness (QED) is 0.728. The number of halogens is 1. The Morgan fingerprint density at radius 3 is 2.32 bits per heavy atom. The van der Waals surface area contributed by atoms with Crippen molar-refractivity contribution in [3.8, 4) is 0 Å². The summed E-state index contributed by atoms with van der Waals surface area (Å²) in [6.07, 6.45) is 5.31. The molecule has 0 saturated heterocycles. The molecule has 0 atom stereocenters. The fourth-order valence-corrected chi connectivity index (χ4v) is 3.43. The Hall–Kier alpha value is -0.500. The molecule has 0 amide bonds. The normalized spacial score (nSPS) is 24.3. The summed E-state index contributed by atoms with van der Waals surface area (Å²) in [7, 11) is 0. The molecule has 1 aromatic rings. The Labute approximate surface area is 126 Å². The van der Waals surface area contributed by atoms with Crippen LogP contribution in [0.2, 0.25) is 0 Å². The first kappa shape index (κ1) is 14.9. The van der Waals surface area contributed by atoms with Gasteiger partial charge < -0.3 is 5.32 Å². The zero-order valence-corrected chi connectivity index (χ0v) is 14.2. The van der Waals surface area contributed by atoms with Crippen molar-refractivity contribution < 1.29 is 0 Å². The highest BCUT2D eigenvalue weighted by Crippen LogP contribution is 2.38. The van der Waals surface area contributed by atoms with Crippen LogP contribution in [0, 0.1) is 18.3 Å². The van der Waals surface area contributed by atoms with E-state index in [-0.39, 0.29) is 0 Å². The molecule has 1 aromatic carbocycles. The van der Waals surface area contributed by atoms with Crippen molar-refractivity contribution in [1.82, 2.24) is 0 Å². The van der Waals surface area contributed by atoms with Crippen LogP contribution in [0.3, 0.4) is 0 Å². The summed E-state index contributed by atoms with van der Waals surface area (Å²) in [6.45, 7) is 9.31. The molecular formula is C17H26BrN. The lowest BCUT2D eigenvalue weighted by Gasteiger charge is -2.37. The maximum absolute atomic E-state index is 3.73. The molecule has 1 aliphatic carbocycles. The maximum Gasteiger partial charge on any atom is 0.0383 e. The molecule has 0 heterocycles. The summed E-state index contributed by atoms with van der Waals surface area (Å²) in [5, 5.41) is 3.73. The predicted octanol–water partition coefficient (Wildman–Crippen LogP) is 5.77. The number of aryl methyl sites for hydroxylation is 1. The molecule has 1 fully saturated rings. The van der Waals surface area contributed by atoms with Crippen LogP contribution < -0.4 is 5.32 Å². The Morgan fingerprint density at radius 2 is 1.74 bits per heavy atom. The van der Waals surface area contributed by atoms with E-state index in [1.807, 2.05) is 0 Å². The molecule has 1 saturated carbocycles. The second kappa shape index (κ2) is 5.87. The molecule has 0 aromatic heterocycles. The zero-order valence-electron chi connectivity index (χ0n) is 12.6. The number of hydrogen-bond acceptors (Lipinski definition) is 1. The third kappa shape index (κ3) is 3.98. The average Bonchev–Trinajstić information content (AvgIpc) is 2.33. The fourth-order valence-electron chi connectivity index (χ4n) is 3.07. The minimum atomic E-state index is 0.469. The van der Waals surface area contributed by atoms with E-state index in [0.717, 1.165) is 10.4 Å². The van der Waals surface area contributed by atoms with E-state index in [1.165, 1.54) is 36.9 Å². The SMILES string of the molecule is Cc1ccc(Br)cc1NC1CCC(C(C)(C)C)CC1. The average molecular weight is 324 g/mol. The van der Waals surface area contributed by atoms with Crippen LogP contribution in [-0.2, 0) is 0 Å². The van der Waals surface area contributed by atoms with Crippen molar-refractivity contribution in [2.75, 3.05) is 5.32 Å². The Morgan fingerprint density at radius 1 is 1.11 bits per heavy atom. The largest absolute Gasteiger partial charge is 0.382 e. The standard InChI is InChI=1S/C17H26BrN/c1-12-5-8-14(18)11-16(12)19-15-9-6-13(7-10-15)17(2,3)4/h5,8,11,13,15,19H,6-7,9-10H2,1-4H3. The van der Waals surface area contributed by atoms with E-state index in [1.54, 1.807) is 0 Å². The summed E-state index contributed by atoms with van der Waals surface area (Å²) in [6, 6.07) is 7.13. The van der Waals surface area contributed by atoms with Gasteiger partial charge in [-0.2, -0.15) is 0 Å². The third-order valence-corrected chi connectivity index (χ3v) is 5.00. The monoisotopic (exact) mass is 323 g/mol. The molecule has 1 nitrogen and oxygen atoms in total. The van der Waals surface area contributed by atoms with E-state index in [0.29, 0.717) is 11.5 Å². The van der Waals surface area contributed by atoms with Gasteiger partial charge in [0.2, 0.25) is 0 Å². The molecular weight excluding hydrogens is 298 g/mol. The van der Waals surface area contributed by atoms with Gasteiger partial charge in [0.25, 0.3) is 0 Å². The molecule has 106 valence electrons. The number of rotatable bonds is 2. The molecule has 0 aliphatic heterocycles. The first-order valence-electron chi connectivity index (χ1n) is 7.39. The highest BCUT2D eigenvalue weighted by molar-refractivity contribution is 9.10. The zero-order chi connectivity index (χ0) is 14.0. The van der Waals surface area contributed by atoms with E-state index >= 15 is 0 Å². The van der Waals surface area contributed by atoms with Crippen molar-refractivity contribution >= 4 is 21.6 Å². The first-order valence-corrected chi connectivity index (χ1v) is 8.18. The lowest BCUT2D eigenvalue weighted by molar-refractivity contribution is 0.173. The van der Waals surface area contributed by atoms with Crippen LogP contribution in [0.4, 0.5) is 5.69 Å². The van der Waals surface area contributed by atoms with Gasteiger partial charge in [0.05, 0.1) is 0 Å². The van der Waals surface area contributed by atoms with Crippen LogP contribution in [0.25, 0.3) is 0 Å². The van der Waals surface area contributed by atoms with Gasteiger partial charge >= 0.3 is 0 Å². The van der Waals surface area contributed by atoms with E-state index in [4.69, 9.17) is 0 Å². The van der Waals surface area contributed by atoms with Crippen LogP contribution >= 0.6 is 15.9 Å². The van der Waals surface area contributed by atoms with E-state index < -0.39 is 0 Å². The molecule has 0 unspecified atom stereocenters. The highest BCUT2D eigenvalue weighted by atomic mass is 79.9. The highest BCUT2D eigenvalue weighted by Gasteiger charge is 2.29. The number of benzene rings is 1. The van der Waals surface area contributed by atoms with Crippen molar-refractivity contribution in [2.45, 2.75) is 59.4 Å². The van der Waals surface area contributed by atoms with Gasteiger partial charge in [-0.25, -0.2) is 0 Å². The molecule has 0 bridgehead atoms. The van der Waals surface area contributed by atoms with Crippen molar-refractivity contribution in [2.24, 2.45) is 11.3 Å². The van der Waals surface area contributed by atoms with Gasteiger partial charge in [-0.1, -0.05) is 42.8 Å². The van der Waals surface area contributed by atoms with Crippen LogP contribution in [0.5, 0.6) is 0 Å². The van der Waals surface area contributed by atoms with Crippen LogP contribution in [-0.4, -0.2) is 6.04 Å². The van der Waals surface area contributed by atoms with Gasteiger partial charge in [-0.3, -0.25) is 0 Å². The first-order chi connectivity index (χ1) is 8.86. The number of nitrogens with one attached hydrogen (secondary N) is 1.